The molecule has 0 fully saturated rings. The number of thiazole rings is 1. The van der Waals surface area contributed by atoms with E-state index >= 15 is 0 Å². The summed E-state index contributed by atoms with van der Waals surface area (Å²) in [5, 5.41) is 15.7. The monoisotopic (exact) mass is 497 g/mol. The number of thiophene rings is 1. The zero-order valence-corrected chi connectivity index (χ0v) is 20.5. The van der Waals surface area contributed by atoms with Gasteiger partial charge in [-0.3, -0.25) is 10.1 Å². The van der Waals surface area contributed by atoms with Gasteiger partial charge < -0.3 is 4.57 Å². The molecule has 7 heteroatoms. The van der Waals surface area contributed by atoms with E-state index in [1.54, 1.807) is 29.5 Å². The summed E-state index contributed by atoms with van der Waals surface area (Å²) in [6.07, 6.45) is 0.868. The van der Waals surface area contributed by atoms with Crippen molar-refractivity contribution in [2.75, 3.05) is 0 Å². The Hall–Kier alpha value is -3.81. The van der Waals surface area contributed by atoms with Gasteiger partial charge in [-0.05, 0) is 35.1 Å². The van der Waals surface area contributed by atoms with Gasteiger partial charge in [0.05, 0.1) is 15.5 Å². The van der Waals surface area contributed by atoms with Crippen LogP contribution in [-0.4, -0.2) is 9.49 Å². The molecule has 0 radical (unpaired) electrons. The Labute approximate surface area is 211 Å². The SMILES string of the molecule is O=[N+]([O-])c1ccccc1N=c1scc(-c2cccs2)n1CCC(c1ccccc1)c1ccccc1. The minimum atomic E-state index is -0.377. The lowest BCUT2D eigenvalue weighted by Gasteiger charge is -2.19. The quantitative estimate of drug-likeness (QED) is 0.163. The molecule has 5 rings (SSSR count). The summed E-state index contributed by atoms with van der Waals surface area (Å²) in [6, 6.07) is 31.9. The number of aromatic nitrogens is 1. The first-order valence-electron chi connectivity index (χ1n) is 11.3. The molecule has 3 aromatic carbocycles. The van der Waals surface area contributed by atoms with Gasteiger partial charge in [0.25, 0.3) is 5.69 Å². The average molecular weight is 498 g/mol. The summed E-state index contributed by atoms with van der Waals surface area (Å²) >= 11 is 3.19. The van der Waals surface area contributed by atoms with Crippen LogP contribution in [-0.2, 0) is 6.54 Å². The van der Waals surface area contributed by atoms with E-state index in [1.807, 2.05) is 18.2 Å². The maximum Gasteiger partial charge on any atom is 0.294 e. The maximum absolute atomic E-state index is 11.6. The number of nitrogens with zero attached hydrogens (tertiary/aromatic N) is 3. The van der Waals surface area contributed by atoms with Crippen molar-refractivity contribution in [3.63, 3.8) is 0 Å². The van der Waals surface area contributed by atoms with Gasteiger partial charge in [-0.1, -0.05) is 78.9 Å². The molecule has 0 bridgehead atoms. The van der Waals surface area contributed by atoms with Crippen molar-refractivity contribution in [2.45, 2.75) is 18.9 Å². The average Bonchev–Trinajstić information content (AvgIpc) is 3.56. The van der Waals surface area contributed by atoms with Crippen LogP contribution < -0.4 is 4.80 Å². The van der Waals surface area contributed by atoms with Crippen molar-refractivity contribution in [3.8, 4) is 10.6 Å². The van der Waals surface area contributed by atoms with Gasteiger partial charge in [0, 0.05) is 23.9 Å². The molecule has 2 aromatic heterocycles. The van der Waals surface area contributed by atoms with Gasteiger partial charge in [0.2, 0.25) is 0 Å². The first-order valence-corrected chi connectivity index (χ1v) is 13.1. The van der Waals surface area contributed by atoms with Gasteiger partial charge in [-0.15, -0.1) is 22.7 Å². The van der Waals surface area contributed by atoms with Crippen LogP contribution in [0.25, 0.3) is 10.6 Å². The fourth-order valence-electron chi connectivity index (χ4n) is 4.23. The number of hydrogen-bond acceptors (Lipinski definition) is 5. The zero-order chi connectivity index (χ0) is 24.0. The highest BCUT2D eigenvalue weighted by Gasteiger charge is 2.18. The molecule has 2 heterocycles. The third-order valence-corrected chi connectivity index (χ3v) is 7.67. The van der Waals surface area contributed by atoms with Gasteiger partial charge in [0.1, 0.15) is 5.69 Å². The molecule has 35 heavy (non-hydrogen) atoms. The number of para-hydroxylation sites is 2. The van der Waals surface area contributed by atoms with Crippen molar-refractivity contribution in [1.29, 1.82) is 0 Å². The second-order valence-electron chi connectivity index (χ2n) is 8.05. The Morgan fingerprint density at radius 3 is 2.11 bits per heavy atom. The molecule has 0 saturated heterocycles. The van der Waals surface area contributed by atoms with Gasteiger partial charge in [-0.2, -0.15) is 0 Å². The topological polar surface area (TPSA) is 60.4 Å². The predicted octanol–water partition coefficient (Wildman–Crippen LogP) is 7.64. The molecule has 0 aliphatic carbocycles. The van der Waals surface area contributed by atoms with Crippen LogP contribution >= 0.6 is 22.7 Å². The Morgan fingerprint density at radius 1 is 0.829 bits per heavy atom. The smallest absolute Gasteiger partial charge is 0.294 e. The summed E-state index contributed by atoms with van der Waals surface area (Å²) in [7, 11) is 0. The van der Waals surface area contributed by atoms with Crippen molar-refractivity contribution < 1.29 is 4.92 Å². The largest absolute Gasteiger partial charge is 0.316 e. The molecule has 0 aliphatic heterocycles. The van der Waals surface area contributed by atoms with E-state index in [-0.39, 0.29) is 16.5 Å². The Morgan fingerprint density at radius 2 is 1.49 bits per heavy atom. The lowest BCUT2D eigenvalue weighted by molar-refractivity contribution is -0.384. The van der Waals surface area contributed by atoms with E-state index in [9.17, 15) is 10.1 Å². The molecule has 5 nitrogen and oxygen atoms in total. The van der Waals surface area contributed by atoms with E-state index in [0.717, 1.165) is 28.3 Å². The number of rotatable bonds is 8. The van der Waals surface area contributed by atoms with E-state index < -0.39 is 0 Å². The Kier molecular flexibility index (Phi) is 6.97. The fraction of sp³-hybridized carbons (Fsp3) is 0.107. The summed E-state index contributed by atoms with van der Waals surface area (Å²) < 4.78 is 2.20. The molecule has 0 unspecified atom stereocenters. The predicted molar refractivity (Wildman–Crippen MR) is 143 cm³/mol. The molecule has 0 saturated carbocycles. The lowest BCUT2D eigenvalue weighted by Crippen LogP contribution is -2.18. The third kappa shape index (κ3) is 5.16. The molecule has 5 aromatic rings. The van der Waals surface area contributed by atoms with Crippen molar-refractivity contribution in [1.82, 2.24) is 4.57 Å². The molecule has 0 amide bonds. The number of nitro groups is 1. The van der Waals surface area contributed by atoms with Crippen molar-refractivity contribution in [2.24, 2.45) is 4.99 Å². The van der Waals surface area contributed by atoms with Crippen LogP contribution in [0.4, 0.5) is 11.4 Å². The van der Waals surface area contributed by atoms with Crippen LogP contribution in [0.1, 0.15) is 23.5 Å². The summed E-state index contributed by atoms with van der Waals surface area (Å²) in [5.41, 5.74) is 4.00. The maximum atomic E-state index is 11.6. The number of benzene rings is 3. The van der Waals surface area contributed by atoms with Gasteiger partial charge >= 0.3 is 0 Å². The summed E-state index contributed by atoms with van der Waals surface area (Å²) in [5.74, 6) is 0.222. The van der Waals surface area contributed by atoms with E-state index in [2.05, 4.69) is 69.9 Å². The fourth-order valence-corrected chi connectivity index (χ4v) is 5.99. The molecule has 0 aliphatic rings. The first kappa shape index (κ1) is 23.0. The van der Waals surface area contributed by atoms with Crippen LogP contribution in [0, 0.1) is 10.1 Å². The molecule has 174 valence electrons. The van der Waals surface area contributed by atoms with Crippen molar-refractivity contribution >= 4 is 34.0 Å². The standard InChI is InChI=1S/C28H23N3O2S2/c32-31(33)25-15-8-7-14-24(25)29-28-30(26(20-35-28)27-16-9-19-34-27)18-17-23(21-10-3-1-4-11-21)22-12-5-2-6-13-22/h1-16,19-20,23H,17-18H2. The summed E-state index contributed by atoms with van der Waals surface area (Å²) in [6.45, 7) is 0.727. The van der Waals surface area contributed by atoms with Crippen LogP contribution in [0.3, 0.4) is 0 Å². The third-order valence-electron chi connectivity index (χ3n) is 5.91. The number of hydrogen-bond donors (Lipinski definition) is 0. The van der Waals surface area contributed by atoms with Crippen LogP contribution in [0.5, 0.6) is 0 Å². The van der Waals surface area contributed by atoms with E-state index in [0.29, 0.717) is 5.69 Å². The van der Waals surface area contributed by atoms with Gasteiger partial charge in [-0.25, -0.2) is 4.99 Å². The Balaban J connectivity index is 1.57. The Bertz CT molecular complexity index is 1430. The van der Waals surface area contributed by atoms with Crippen molar-refractivity contribution in [3.05, 3.63) is 134 Å². The van der Waals surface area contributed by atoms with Crippen LogP contribution in [0.15, 0.2) is 113 Å². The molecule has 0 spiro atoms. The van der Waals surface area contributed by atoms with Crippen LogP contribution in [0.2, 0.25) is 0 Å². The first-order chi connectivity index (χ1) is 17.2. The lowest BCUT2D eigenvalue weighted by atomic mass is 9.88. The highest BCUT2D eigenvalue weighted by molar-refractivity contribution is 7.14. The molecule has 0 atom stereocenters. The second-order valence-corrected chi connectivity index (χ2v) is 9.84. The minimum Gasteiger partial charge on any atom is -0.316 e. The van der Waals surface area contributed by atoms with E-state index in [4.69, 9.17) is 4.99 Å². The second kappa shape index (κ2) is 10.6. The molecular formula is C28H23N3O2S2. The number of nitro benzene ring substituents is 1. The molecular weight excluding hydrogens is 474 g/mol. The minimum absolute atomic E-state index is 0.0107. The summed E-state index contributed by atoms with van der Waals surface area (Å²) in [4.78, 5) is 17.9. The van der Waals surface area contributed by atoms with E-state index in [1.165, 1.54) is 28.5 Å². The normalized spacial score (nSPS) is 11.7. The van der Waals surface area contributed by atoms with Gasteiger partial charge in [0.15, 0.2) is 4.80 Å². The highest BCUT2D eigenvalue weighted by Crippen LogP contribution is 2.31. The zero-order valence-electron chi connectivity index (χ0n) is 18.9. The highest BCUT2D eigenvalue weighted by atomic mass is 32.1. The molecule has 0 N–H and O–H groups in total.